The van der Waals surface area contributed by atoms with E-state index in [0.717, 1.165) is 0 Å². The third kappa shape index (κ3) is 14.0. The monoisotopic (exact) mass is 372 g/mol. The maximum Gasteiger partial charge on any atom is 0.261 e. The second-order valence-electron chi connectivity index (χ2n) is 6.95. The van der Waals surface area contributed by atoms with Crippen molar-refractivity contribution < 1.29 is 17.5 Å². The molecular weight excluding hydrogens is 334 g/mol. The van der Waals surface area contributed by atoms with Crippen LogP contribution in [0.2, 0.25) is 0 Å². The minimum Gasteiger partial charge on any atom is -0.320 e. The van der Waals surface area contributed by atoms with E-state index in [4.69, 9.17) is 4.55 Å². The molecule has 0 aliphatic carbocycles. The smallest absolute Gasteiger partial charge is 0.261 e. The Bertz CT molecular complexity index is 499. The van der Waals surface area contributed by atoms with Gasteiger partial charge >= 0.3 is 0 Å². The van der Waals surface area contributed by atoms with Gasteiger partial charge in [-0.1, -0.05) is 70.4 Å². The van der Waals surface area contributed by atoms with Crippen molar-refractivity contribution in [2.24, 2.45) is 0 Å². The van der Waals surface area contributed by atoms with E-state index >= 15 is 0 Å². The normalized spacial score (nSPS) is 11.7. The lowest BCUT2D eigenvalue weighted by atomic mass is 10.1. The number of quaternary nitrogens is 1. The Morgan fingerprint density at radius 3 is 1.52 bits per heavy atom. The summed E-state index contributed by atoms with van der Waals surface area (Å²) in [5.74, 6) is 0. The Morgan fingerprint density at radius 1 is 0.840 bits per heavy atom. The van der Waals surface area contributed by atoms with Crippen LogP contribution < -0.4 is 0 Å². The topological polar surface area (TPSA) is 54.4 Å². The predicted molar refractivity (Wildman–Crippen MR) is 107 cm³/mol. The first-order valence-electron chi connectivity index (χ1n) is 9.57. The van der Waals surface area contributed by atoms with Crippen molar-refractivity contribution in [3.8, 4) is 0 Å². The highest BCUT2D eigenvalue weighted by molar-refractivity contribution is 7.85. The molecule has 0 aliphatic rings. The molecule has 0 radical (unpaired) electrons. The SMILES string of the molecule is CCCC[N+](CCCC)(CCCC)Cc1ccccc1.CS(=O)(=O)O. The highest BCUT2D eigenvalue weighted by Crippen LogP contribution is 2.19. The van der Waals surface area contributed by atoms with Gasteiger partial charge in [0, 0.05) is 5.56 Å². The summed E-state index contributed by atoms with van der Waals surface area (Å²) in [6, 6.07) is 11.1. The molecule has 4 nitrogen and oxygen atoms in total. The quantitative estimate of drug-likeness (QED) is 0.444. The van der Waals surface area contributed by atoms with E-state index in [9.17, 15) is 8.42 Å². The number of nitrogens with zero attached hydrogens (tertiary/aromatic N) is 1. The minimum absolute atomic E-state index is 0.715. The maximum absolute atomic E-state index is 9.19. The average molecular weight is 373 g/mol. The summed E-state index contributed by atoms with van der Waals surface area (Å²) in [4.78, 5) is 0. The highest BCUT2D eigenvalue weighted by atomic mass is 32.2. The Hall–Kier alpha value is -0.910. The van der Waals surface area contributed by atoms with Gasteiger partial charge in [0.2, 0.25) is 0 Å². The number of benzene rings is 1. The molecule has 1 aromatic rings. The number of hydrogen-bond acceptors (Lipinski definition) is 2. The largest absolute Gasteiger partial charge is 0.320 e. The lowest BCUT2D eigenvalue weighted by Crippen LogP contribution is -2.49. The first kappa shape index (κ1) is 24.1. The van der Waals surface area contributed by atoms with Crippen LogP contribution in [-0.2, 0) is 16.7 Å². The second-order valence-corrected chi connectivity index (χ2v) is 8.42. The summed E-state index contributed by atoms with van der Waals surface area (Å²) in [5.41, 5.74) is 1.51. The van der Waals surface area contributed by atoms with E-state index in [0.29, 0.717) is 6.26 Å². The first-order chi connectivity index (χ1) is 11.8. The zero-order valence-electron chi connectivity index (χ0n) is 16.6. The standard InChI is InChI=1S/C19H34N.CH4O3S/c1-4-7-15-20(16-8-5-2,17-9-6-3)18-19-13-11-10-12-14-19;1-5(2,3)4/h10-14H,4-9,15-18H2,1-3H3;1H3,(H,2,3,4)/q+1;. The van der Waals surface area contributed by atoms with Crippen LogP contribution in [0.4, 0.5) is 0 Å². The van der Waals surface area contributed by atoms with Crippen LogP contribution in [-0.4, -0.2) is 43.3 Å². The molecule has 0 unspecified atom stereocenters. The van der Waals surface area contributed by atoms with Crippen molar-refractivity contribution in [3.63, 3.8) is 0 Å². The van der Waals surface area contributed by atoms with E-state index in [1.807, 2.05) is 0 Å². The van der Waals surface area contributed by atoms with Gasteiger partial charge in [0.1, 0.15) is 6.54 Å². The van der Waals surface area contributed by atoms with Gasteiger partial charge in [-0.3, -0.25) is 4.55 Å². The van der Waals surface area contributed by atoms with Gasteiger partial charge in [-0.15, -0.1) is 0 Å². The molecule has 25 heavy (non-hydrogen) atoms. The van der Waals surface area contributed by atoms with Crippen molar-refractivity contribution in [1.82, 2.24) is 0 Å². The van der Waals surface area contributed by atoms with Gasteiger partial charge in [0.05, 0.1) is 25.9 Å². The third-order valence-electron chi connectivity index (χ3n) is 4.32. The Labute approximate surface area is 155 Å². The lowest BCUT2D eigenvalue weighted by molar-refractivity contribution is -0.941. The van der Waals surface area contributed by atoms with Crippen LogP contribution in [0.5, 0.6) is 0 Å². The molecule has 146 valence electrons. The van der Waals surface area contributed by atoms with Crippen molar-refractivity contribution in [1.29, 1.82) is 0 Å². The van der Waals surface area contributed by atoms with Gasteiger partial charge in [-0.2, -0.15) is 8.42 Å². The fourth-order valence-electron chi connectivity index (χ4n) is 3.02. The summed E-state index contributed by atoms with van der Waals surface area (Å²) in [5, 5.41) is 0. The van der Waals surface area contributed by atoms with E-state index < -0.39 is 10.1 Å². The summed E-state index contributed by atoms with van der Waals surface area (Å²) in [6.45, 7) is 12.2. The van der Waals surface area contributed by atoms with Crippen molar-refractivity contribution in [3.05, 3.63) is 35.9 Å². The van der Waals surface area contributed by atoms with Crippen LogP contribution >= 0.6 is 0 Å². The molecule has 0 atom stereocenters. The molecule has 0 amide bonds. The van der Waals surface area contributed by atoms with E-state index in [1.54, 1.807) is 0 Å². The van der Waals surface area contributed by atoms with Crippen molar-refractivity contribution in [2.45, 2.75) is 65.8 Å². The molecule has 5 heteroatoms. The summed E-state index contributed by atoms with van der Waals surface area (Å²) in [6.07, 6.45) is 8.74. The van der Waals surface area contributed by atoms with Gasteiger partial charge < -0.3 is 4.48 Å². The Kier molecular flexibility index (Phi) is 12.8. The maximum atomic E-state index is 9.19. The molecule has 0 spiro atoms. The molecule has 0 aliphatic heterocycles. The van der Waals surface area contributed by atoms with Crippen LogP contribution in [0.25, 0.3) is 0 Å². The van der Waals surface area contributed by atoms with Crippen LogP contribution in [0, 0.1) is 0 Å². The van der Waals surface area contributed by atoms with Gasteiger partial charge in [-0.05, 0) is 19.3 Å². The number of rotatable bonds is 11. The molecule has 0 aromatic heterocycles. The van der Waals surface area contributed by atoms with Gasteiger partial charge in [-0.25, -0.2) is 0 Å². The fourth-order valence-corrected chi connectivity index (χ4v) is 3.02. The molecule has 1 rings (SSSR count). The van der Waals surface area contributed by atoms with E-state index in [-0.39, 0.29) is 0 Å². The third-order valence-corrected chi connectivity index (χ3v) is 4.32. The predicted octanol–water partition coefficient (Wildman–Crippen LogP) is 4.91. The van der Waals surface area contributed by atoms with Crippen molar-refractivity contribution >= 4 is 10.1 Å². The zero-order valence-corrected chi connectivity index (χ0v) is 17.4. The molecule has 0 bridgehead atoms. The zero-order chi connectivity index (χ0) is 19.2. The van der Waals surface area contributed by atoms with Crippen LogP contribution in [0.1, 0.15) is 64.9 Å². The summed E-state index contributed by atoms with van der Waals surface area (Å²) >= 11 is 0. The van der Waals surface area contributed by atoms with Crippen LogP contribution in [0.15, 0.2) is 30.3 Å². The van der Waals surface area contributed by atoms with Gasteiger partial charge in [0.15, 0.2) is 0 Å². The number of hydrogen-bond donors (Lipinski definition) is 1. The Balaban J connectivity index is 0.00000101. The van der Waals surface area contributed by atoms with E-state index in [1.165, 1.54) is 74.8 Å². The molecule has 0 saturated carbocycles. The molecular formula is C20H38NO3S+. The lowest BCUT2D eigenvalue weighted by Gasteiger charge is -2.39. The molecule has 0 heterocycles. The molecule has 0 saturated heterocycles. The average Bonchev–Trinajstić information content (AvgIpc) is 2.55. The Morgan fingerprint density at radius 2 is 1.20 bits per heavy atom. The summed E-state index contributed by atoms with van der Waals surface area (Å²) in [7, 11) is -3.67. The second kappa shape index (κ2) is 13.3. The molecule has 1 aromatic carbocycles. The van der Waals surface area contributed by atoms with Crippen molar-refractivity contribution in [2.75, 3.05) is 25.9 Å². The number of unbranched alkanes of at least 4 members (excludes halogenated alkanes) is 3. The summed E-state index contributed by atoms with van der Waals surface area (Å²) < 4.78 is 27.2. The van der Waals surface area contributed by atoms with Crippen LogP contribution in [0.3, 0.4) is 0 Å². The molecule has 1 N–H and O–H groups in total. The molecule has 0 fully saturated rings. The van der Waals surface area contributed by atoms with Gasteiger partial charge in [0.25, 0.3) is 10.1 Å². The van der Waals surface area contributed by atoms with E-state index in [2.05, 4.69) is 51.1 Å². The minimum atomic E-state index is -3.67. The first-order valence-corrected chi connectivity index (χ1v) is 11.4. The fraction of sp³-hybridized carbons (Fsp3) is 0.700. The highest BCUT2D eigenvalue weighted by Gasteiger charge is 2.25.